The quantitative estimate of drug-likeness (QED) is 0.530. The number of ether oxygens (including phenoxy) is 1. The van der Waals surface area contributed by atoms with Crippen LogP contribution in [0.3, 0.4) is 0 Å². The first-order valence-corrected chi connectivity index (χ1v) is 9.86. The van der Waals surface area contributed by atoms with E-state index in [9.17, 15) is 4.79 Å². The predicted molar refractivity (Wildman–Crippen MR) is 111 cm³/mol. The molecule has 1 saturated heterocycles. The molecule has 1 heterocycles. The van der Waals surface area contributed by atoms with Crippen LogP contribution in [0, 0.1) is 0 Å². The monoisotopic (exact) mass is 381 g/mol. The third-order valence-corrected chi connectivity index (χ3v) is 5.46. The first-order valence-electron chi connectivity index (χ1n) is 8.98. The minimum atomic E-state index is -0.0843. The van der Waals surface area contributed by atoms with E-state index in [-0.39, 0.29) is 11.2 Å². The Hall–Kier alpha value is -2.60. The van der Waals surface area contributed by atoms with Gasteiger partial charge in [0.1, 0.15) is 5.75 Å². The van der Waals surface area contributed by atoms with Crippen LogP contribution in [0.4, 0.5) is 0 Å². The number of carbonyl (C=O) groups is 1. The molecule has 2 aromatic rings. The summed E-state index contributed by atoms with van der Waals surface area (Å²) >= 11 is 1.50. The third-order valence-electron chi connectivity index (χ3n) is 4.22. The van der Waals surface area contributed by atoms with Crippen LogP contribution in [0.2, 0.25) is 0 Å². The number of rotatable bonds is 7. The van der Waals surface area contributed by atoms with Crippen molar-refractivity contribution in [1.82, 2.24) is 4.90 Å². The average Bonchev–Trinajstić information content (AvgIpc) is 2.99. The van der Waals surface area contributed by atoms with E-state index < -0.39 is 0 Å². The molecular weight excluding hydrogens is 358 g/mol. The van der Waals surface area contributed by atoms with Crippen LogP contribution in [0.25, 0.3) is 0 Å². The molecule has 1 fully saturated rings. The van der Waals surface area contributed by atoms with Gasteiger partial charge in [0, 0.05) is 0 Å². The molecule has 1 aliphatic heterocycles. The van der Waals surface area contributed by atoms with Crippen molar-refractivity contribution in [2.75, 3.05) is 7.11 Å². The molecule has 27 heavy (non-hydrogen) atoms. The van der Waals surface area contributed by atoms with Gasteiger partial charge in [-0.05, 0) is 29.7 Å². The number of hydrogen-bond donors (Lipinski definition) is 0. The van der Waals surface area contributed by atoms with E-state index >= 15 is 0 Å². The van der Waals surface area contributed by atoms with Gasteiger partial charge >= 0.3 is 0 Å². The highest BCUT2D eigenvalue weighted by atomic mass is 32.2. The summed E-state index contributed by atoms with van der Waals surface area (Å²) in [4.78, 5) is 14.5. The Morgan fingerprint density at radius 3 is 2.56 bits per heavy atom. The van der Waals surface area contributed by atoms with Crippen molar-refractivity contribution in [2.24, 2.45) is 10.2 Å². The molecule has 5 nitrogen and oxygen atoms in total. The van der Waals surface area contributed by atoms with Crippen molar-refractivity contribution in [2.45, 2.75) is 31.6 Å². The van der Waals surface area contributed by atoms with Gasteiger partial charge in [0.25, 0.3) is 0 Å². The van der Waals surface area contributed by atoms with Gasteiger partial charge in [0.2, 0.25) is 5.91 Å². The molecule has 0 aliphatic carbocycles. The molecule has 1 amide bonds. The standard InChI is InChI=1S/C21H23N3O2S/c1-3-7-19-20(25)24(15-17-10-12-18(26-2)13-11-17)21(27-19)23-22-14-16-8-5-4-6-9-16/h4-6,8-14,19H,3,7,15H2,1-2H3/b22-14+,23-21-. The summed E-state index contributed by atoms with van der Waals surface area (Å²) in [6.07, 6.45) is 3.50. The highest BCUT2D eigenvalue weighted by Gasteiger charge is 2.37. The van der Waals surface area contributed by atoms with Gasteiger partial charge in [-0.2, -0.15) is 5.10 Å². The van der Waals surface area contributed by atoms with Gasteiger partial charge in [0.05, 0.1) is 25.1 Å². The fourth-order valence-electron chi connectivity index (χ4n) is 2.77. The van der Waals surface area contributed by atoms with Gasteiger partial charge < -0.3 is 4.74 Å². The molecule has 0 bridgehead atoms. The number of carbonyl (C=O) groups excluding carboxylic acids is 1. The van der Waals surface area contributed by atoms with E-state index in [1.165, 1.54) is 11.8 Å². The first-order chi connectivity index (χ1) is 13.2. The van der Waals surface area contributed by atoms with Crippen molar-refractivity contribution in [3.63, 3.8) is 0 Å². The number of amides is 1. The van der Waals surface area contributed by atoms with Crippen LogP contribution >= 0.6 is 11.8 Å². The van der Waals surface area contributed by atoms with E-state index in [4.69, 9.17) is 4.74 Å². The van der Waals surface area contributed by atoms with Crippen molar-refractivity contribution < 1.29 is 9.53 Å². The van der Waals surface area contributed by atoms with Crippen molar-refractivity contribution in [3.8, 4) is 5.75 Å². The van der Waals surface area contributed by atoms with Gasteiger partial charge in [-0.3, -0.25) is 9.69 Å². The maximum absolute atomic E-state index is 12.8. The molecule has 0 spiro atoms. The summed E-state index contributed by atoms with van der Waals surface area (Å²) < 4.78 is 5.20. The highest BCUT2D eigenvalue weighted by molar-refractivity contribution is 8.15. The smallest absolute Gasteiger partial charge is 0.242 e. The van der Waals surface area contributed by atoms with Crippen molar-refractivity contribution >= 4 is 29.1 Å². The number of thioether (sulfide) groups is 1. The maximum Gasteiger partial charge on any atom is 0.242 e. The Balaban J connectivity index is 1.78. The lowest BCUT2D eigenvalue weighted by atomic mass is 10.2. The van der Waals surface area contributed by atoms with E-state index in [0.29, 0.717) is 11.7 Å². The summed E-state index contributed by atoms with van der Waals surface area (Å²) in [6.45, 7) is 2.57. The molecule has 0 saturated carbocycles. The molecule has 0 N–H and O–H groups in total. The minimum Gasteiger partial charge on any atom is -0.497 e. The third kappa shape index (κ3) is 4.98. The topological polar surface area (TPSA) is 54.3 Å². The van der Waals surface area contributed by atoms with Crippen LogP contribution in [-0.2, 0) is 11.3 Å². The fourth-order valence-corrected chi connectivity index (χ4v) is 3.99. The number of benzene rings is 2. The molecule has 3 rings (SSSR count). The number of hydrogen-bond acceptors (Lipinski definition) is 5. The maximum atomic E-state index is 12.8. The van der Waals surface area contributed by atoms with Gasteiger partial charge in [-0.1, -0.05) is 67.6 Å². The Kier molecular flexibility index (Phi) is 6.65. The van der Waals surface area contributed by atoms with Crippen LogP contribution in [0.15, 0.2) is 64.8 Å². The van der Waals surface area contributed by atoms with E-state index in [2.05, 4.69) is 17.1 Å². The van der Waals surface area contributed by atoms with Crippen LogP contribution in [-0.4, -0.2) is 34.5 Å². The molecular formula is C21H23N3O2S. The largest absolute Gasteiger partial charge is 0.497 e. The normalized spacial score (nSPS) is 18.6. The second kappa shape index (κ2) is 9.37. The highest BCUT2D eigenvalue weighted by Crippen LogP contribution is 2.31. The van der Waals surface area contributed by atoms with Crippen LogP contribution < -0.4 is 4.74 Å². The Morgan fingerprint density at radius 2 is 1.89 bits per heavy atom. The summed E-state index contributed by atoms with van der Waals surface area (Å²) in [5, 5.41) is 9.11. The van der Waals surface area contributed by atoms with Gasteiger partial charge in [-0.15, -0.1) is 5.10 Å². The SMILES string of the molecule is CCCC1S/C(=N\N=C\c2ccccc2)N(Cc2ccc(OC)cc2)C1=O. The van der Waals surface area contributed by atoms with Crippen LogP contribution in [0.1, 0.15) is 30.9 Å². The van der Waals surface area contributed by atoms with Gasteiger partial charge in [-0.25, -0.2) is 0 Å². The Morgan fingerprint density at radius 1 is 1.15 bits per heavy atom. The van der Waals surface area contributed by atoms with Crippen molar-refractivity contribution in [3.05, 3.63) is 65.7 Å². The number of nitrogens with zero attached hydrogens (tertiary/aromatic N) is 3. The lowest BCUT2D eigenvalue weighted by Crippen LogP contribution is -2.31. The zero-order valence-electron chi connectivity index (χ0n) is 15.5. The molecule has 0 aromatic heterocycles. The van der Waals surface area contributed by atoms with Crippen LogP contribution in [0.5, 0.6) is 5.75 Å². The predicted octanol–water partition coefficient (Wildman–Crippen LogP) is 4.33. The molecule has 1 atom stereocenters. The second-order valence-electron chi connectivity index (χ2n) is 6.21. The van der Waals surface area contributed by atoms with Crippen molar-refractivity contribution in [1.29, 1.82) is 0 Å². The van der Waals surface area contributed by atoms with Gasteiger partial charge in [0.15, 0.2) is 5.17 Å². The minimum absolute atomic E-state index is 0.0843. The van der Waals surface area contributed by atoms with E-state index in [1.807, 2.05) is 54.6 Å². The second-order valence-corrected chi connectivity index (χ2v) is 7.38. The molecule has 1 unspecified atom stereocenters. The summed E-state index contributed by atoms with van der Waals surface area (Å²) in [5.74, 6) is 0.900. The molecule has 2 aromatic carbocycles. The number of amidine groups is 1. The summed E-state index contributed by atoms with van der Waals surface area (Å²) in [7, 11) is 1.64. The lowest BCUT2D eigenvalue weighted by Gasteiger charge is -2.16. The zero-order chi connectivity index (χ0) is 19.1. The van der Waals surface area contributed by atoms with E-state index in [0.717, 1.165) is 29.7 Å². The lowest BCUT2D eigenvalue weighted by molar-refractivity contribution is -0.126. The molecule has 140 valence electrons. The molecule has 1 aliphatic rings. The first kappa shape index (κ1) is 19.2. The zero-order valence-corrected chi connectivity index (χ0v) is 16.4. The average molecular weight is 382 g/mol. The fraction of sp³-hybridized carbons (Fsp3) is 0.286. The summed E-state index contributed by atoms with van der Waals surface area (Å²) in [6, 6.07) is 17.5. The van der Waals surface area contributed by atoms with E-state index in [1.54, 1.807) is 18.2 Å². The Labute approximate surface area is 164 Å². The molecule has 6 heteroatoms. The number of methoxy groups -OCH3 is 1. The molecule has 0 radical (unpaired) electrons. The Bertz CT molecular complexity index is 819. The summed E-state index contributed by atoms with van der Waals surface area (Å²) in [5.41, 5.74) is 2.00.